The Morgan fingerprint density at radius 2 is 2.00 bits per heavy atom. The van der Waals surface area contributed by atoms with Gasteiger partial charge in [0.05, 0.1) is 0 Å². The van der Waals surface area contributed by atoms with Crippen LogP contribution in [-0.2, 0) is 11.2 Å². The van der Waals surface area contributed by atoms with Crippen LogP contribution in [0.5, 0.6) is 0 Å². The van der Waals surface area contributed by atoms with Crippen LogP contribution in [0.2, 0.25) is 0 Å². The van der Waals surface area contributed by atoms with Crippen LogP contribution in [-0.4, -0.2) is 55.4 Å². The van der Waals surface area contributed by atoms with Crippen LogP contribution in [0.25, 0.3) is 10.8 Å². The smallest absolute Gasteiger partial charge is 0.407 e. The lowest BCUT2D eigenvalue weighted by molar-refractivity contribution is 0.0524. The number of nitrogens with one attached hydrogen (secondary N) is 2. The molecule has 2 aromatic carbocycles. The lowest BCUT2D eigenvalue weighted by Crippen LogP contribution is -2.51. The minimum atomic E-state index is -0.447. The van der Waals surface area contributed by atoms with E-state index in [1.807, 2.05) is 20.8 Å². The van der Waals surface area contributed by atoms with Crippen molar-refractivity contribution in [3.8, 4) is 0 Å². The summed E-state index contributed by atoms with van der Waals surface area (Å²) >= 11 is 0. The average molecular weight is 398 g/mol. The number of ether oxygens (including phenoxy) is 1. The minimum absolute atomic E-state index is 0.326. The Labute approximate surface area is 174 Å². The molecule has 1 aliphatic rings. The topological polar surface area (TPSA) is 53.6 Å². The highest BCUT2D eigenvalue weighted by Gasteiger charge is 2.22. The molecule has 1 amide bonds. The van der Waals surface area contributed by atoms with E-state index < -0.39 is 5.60 Å². The summed E-state index contributed by atoms with van der Waals surface area (Å²) in [4.78, 5) is 14.4. The van der Waals surface area contributed by atoms with Crippen molar-refractivity contribution in [1.29, 1.82) is 0 Å². The van der Waals surface area contributed by atoms with Gasteiger partial charge in [-0.2, -0.15) is 0 Å². The maximum Gasteiger partial charge on any atom is 0.407 e. The lowest BCUT2D eigenvalue weighted by Gasteiger charge is -2.36. The van der Waals surface area contributed by atoms with Crippen molar-refractivity contribution in [2.24, 2.45) is 0 Å². The van der Waals surface area contributed by atoms with Crippen LogP contribution in [0.15, 0.2) is 42.5 Å². The van der Waals surface area contributed by atoms with Crippen LogP contribution in [0.1, 0.15) is 39.2 Å². The van der Waals surface area contributed by atoms with E-state index in [1.54, 1.807) is 0 Å². The quantitative estimate of drug-likeness (QED) is 0.695. The zero-order valence-corrected chi connectivity index (χ0v) is 18.0. The molecule has 1 aliphatic heterocycles. The highest BCUT2D eigenvalue weighted by Crippen LogP contribution is 2.17. The van der Waals surface area contributed by atoms with Gasteiger partial charge in [-0.15, -0.1) is 0 Å². The number of carbonyl (C=O) groups excluding carboxylic acids is 1. The second kappa shape index (κ2) is 10.1. The molecular weight excluding hydrogens is 362 g/mol. The largest absolute Gasteiger partial charge is 0.444 e. The fourth-order valence-electron chi connectivity index (χ4n) is 3.89. The van der Waals surface area contributed by atoms with Crippen LogP contribution in [0.3, 0.4) is 0 Å². The molecule has 0 radical (unpaired) electrons. The Bertz CT molecular complexity index is 800. The van der Waals surface area contributed by atoms with Gasteiger partial charge in [0, 0.05) is 38.8 Å². The van der Waals surface area contributed by atoms with Gasteiger partial charge in [-0.25, -0.2) is 4.79 Å². The van der Waals surface area contributed by atoms with Gasteiger partial charge in [-0.3, -0.25) is 4.90 Å². The molecule has 158 valence electrons. The third-order valence-electron chi connectivity index (χ3n) is 5.36. The first-order valence-corrected chi connectivity index (χ1v) is 10.8. The van der Waals surface area contributed by atoms with Gasteiger partial charge in [0.15, 0.2) is 0 Å². The lowest BCUT2D eigenvalue weighted by atomic mass is 10.0. The van der Waals surface area contributed by atoms with E-state index in [0.717, 1.165) is 45.4 Å². The summed E-state index contributed by atoms with van der Waals surface area (Å²) in [6.07, 6.45) is 2.77. The minimum Gasteiger partial charge on any atom is -0.444 e. The summed E-state index contributed by atoms with van der Waals surface area (Å²) in [6, 6.07) is 15.9. The van der Waals surface area contributed by atoms with Crippen LogP contribution in [0.4, 0.5) is 4.79 Å². The summed E-state index contributed by atoms with van der Waals surface area (Å²) in [5, 5.41) is 9.00. The number of fused-ring (bicyclic) bond motifs is 1. The Morgan fingerprint density at radius 3 is 2.79 bits per heavy atom. The zero-order chi connectivity index (χ0) is 20.7. The van der Waals surface area contributed by atoms with Gasteiger partial charge in [0.25, 0.3) is 0 Å². The molecule has 0 unspecified atom stereocenters. The second-order valence-electron chi connectivity index (χ2n) is 8.90. The molecular formula is C24H35N3O2. The van der Waals surface area contributed by atoms with E-state index in [0.29, 0.717) is 12.6 Å². The summed E-state index contributed by atoms with van der Waals surface area (Å²) in [6.45, 7) is 10.5. The van der Waals surface area contributed by atoms with Crippen molar-refractivity contribution in [3.05, 3.63) is 48.0 Å². The Hall–Kier alpha value is -2.11. The van der Waals surface area contributed by atoms with Crippen molar-refractivity contribution in [2.45, 2.75) is 51.7 Å². The molecule has 2 aromatic rings. The number of benzene rings is 2. The molecule has 29 heavy (non-hydrogen) atoms. The SMILES string of the molecule is CC(C)(C)OC(=O)NCCC[C@@H]1CNCCN1CCc1ccc2ccccc2c1. The molecule has 0 spiro atoms. The molecule has 1 fully saturated rings. The van der Waals surface area contributed by atoms with E-state index in [2.05, 4.69) is 58.0 Å². The van der Waals surface area contributed by atoms with Crippen molar-refractivity contribution in [1.82, 2.24) is 15.5 Å². The third-order valence-corrected chi connectivity index (χ3v) is 5.36. The fraction of sp³-hybridized carbons (Fsp3) is 0.542. The van der Waals surface area contributed by atoms with E-state index >= 15 is 0 Å². The van der Waals surface area contributed by atoms with Gasteiger partial charge in [0.2, 0.25) is 0 Å². The molecule has 1 heterocycles. The fourth-order valence-corrected chi connectivity index (χ4v) is 3.89. The van der Waals surface area contributed by atoms with Crippen molar-refractivity contribution >= 4 is 16.9 Å². The van der Waals surface area contributed by atoms with Crippen LogP contribution >= 0.6 is 0 Å². The highest BCUT2D eigenvalue weighted by atomic mass is 16.6. The third kappa shape index (κ3) is 7.02. The summed E-state index contributed by atoms with van der Waals surface area (Å²) in [5.41, 5.74) is 0.948. The summed E-state index contributed by atoms with van der Waals surface area (Å²) in [7, 11) is 0. The van der Waals surface area contributed by atoms with Gasteiger partial charge < -0.3 is 15.4 Å². The summed E-state index contributed by atoms with van der Waals surface area (Å²) < 4.78 is 5.30. The number of rotatable bonds is 7. The average Bonchev–Trinajstić information content (AvgIpc) is 2.69. The van der Waals surface area contributed by atoms with Crippen molar-refractivity contribution in [2.75, 3.05) is 32.7 Å². The molecule has 5 heteroatoms. The molecule has 5 nitrogen and oxygen atoms in total. The van der Waals surface area contributed by atoms with E-state index in [4.69, 9.17) is 4.74 Å². The molecule has 3 rings (SSSR count). The Kier molecular flexibility index (Phi) is 7.51. The Balaban J connectivity index is 1.44. The maximum atomic E-state index is 11.8. The highest BCUT2D eigenvalue weighted by molar-refractivity contribution is 5.82. The molecule has 2 N–H and O–H groups in total. The van der Waals surface area contributed by atoms with Crippen molar-refractivity contribution < 1.29 is 9.53 Å². The van der Waals surface area contributed by atoms with Crippen molar-refractivity contribution in [3.63, 3.8) is 0 Å². The molecule has 0 saturated carbocycles. The van der Waals surface area contributed by atoms with E-state index in [1.165, 1.54) is 16.3 Å². The second-order valence-corrected chi connectivity index (χ2v) is 8.90. The maximum absolute atomic E-state index is 11.8. The molecule has 1 atom stereocenters. The first-order valence-electron chi connectivity index (χ1n) is 10.8. The number of hydrogen-bond acceptors (Lipinski definition) is 4. The van der Waals surface area contributed by atoms with Gasteiger partial charge >= 0.3 is 6.09 Å². The number of alkyl carbamates (subject to hydrolysis) is 1. The molecule has 0 aliphatic carbocycles. The number of carbonyl (C=O) groups is 1. The van der Waals surface area contributed by atoms with Gasteiger partial charge in [-0.1, -0.05) is 42.5 Å². The number of piperazine rings is 1. The van der Waals surface area contributed by atoms with Gasteiger partial charge in [-0.05, 0) is 56.4 Å². The number of hydrogen-bond donors (Lipinski definition) is 2. The Morgan fingerprint density at radius 1 is 1.21 bits per heavy atom. The van der Waals surface area contributed by atoms with Crippen LogP contribution in [0, 0.1) is 0 Å². The van der Waals surface area contributed by atoms with E-state index in [-0.39, 0.29) is 6.09 Å². The monoisotopic (exact) mass is 397 g/mol. The normalized spacial score (nSPS) is 18.0. The molecule has 1 saturated heterocycles. The summed E-state index contributed by atoms with van der Waals surface area (Å²) in [5.74, 6) is 0. The first-order chi connectivity index (χ1) is 13.9. The number of nitrogens with zero attached hydrogens (tertiary/aromatic N) is 1. The first kappa shape index (κ1) is 21.6. The van der Waals surface area contributed by atoms with E-state index in [9.17, 15) is 4.79 Å². The molecule has 0 bridgehead atoms. The molecule has 0 aromatic heterocycles. The predicted molar refractivity (Wildman–Crippen MR) is 119 cm³/mol. The van der Waals surface area contributed by atoms with Gasteiger partial charge in [0.1, 0.15) is 5.60 Å². The zero-order valence-electron chi connectivity index (χ0n) is 18.0. The predicted octanol–water partition coefficient (Wildman–Crippen LogP) is 3.96. The standard InChI is InChI=1S/C24H35N3O2/c1-24(2,3)29-23(28)26-13-6-9-22-18-25-14-16-27(22)15-12-19-10-11-20-7-4-5-8-21(20)17-19/h4-5,7-8,10-11,17,22,25H,6,9,12-16,18H2,1-3H3,(H,26,28)/t22-/m1/s1. The number of amides is 1. The van der Waals surface area contributed by atoms with Crippen LogP contribution < -0.4 is 10.6 Å².